The van der Waals surface area contributed by atoms with Crippen LogP contribution in [0.4, 0.5) is 10.1 Å². The van der Waals surface area contributed by atoms with Gasteiger partial charge < -0.3 is 15.0 Å². The lowest BCUT2D eigenvalue weighted by Crippen LogP contribution is -2.52. The number of hydrogen-bond donors (Lipinski definition) is 1. The molecule has 2 saturated heterocycles. The molecule has 2 fully saturated rings. The Morgan fingerprint density at radius 1 is 1.25 bits per heavy atom. The third kappa shape index (κ3) is 4.30. The van der Waals surface area contributed by atoms with Crippen LogP contribution < -0.4 is 5.32 Å². The summed E-state index contributed by atoms with van der Waals surface area (Å²) in [4.78, 5) is 28.1. The van der Waals surface area contributed by atoms with Crippen molar-refractivity contribution in [1.29, 1.82) is 0 Å². The molecule has 1 aromatic carbocycles. The van der Waals surface area contributed by atoms with Crippen LogP contribution in [0.15, 0.2) is 24.3 Å². The van der Waals surface area contributed by atoms with E-state index in [1.165, 1.54) is 12.1 Å². The highest BCUT2D eigenvalue weighted by Gasteiger charge is 2.30. The van der Waals surface area contributed by atoms with Crippen molar-refractivity contribution in [2.45, 2.75) is 18.9 Å². The number of carbonyl (C=O) groups is 2. The van der Waals surface area contributed by atoms with Gasteiger partial charge in [0.15, 0.2) is 0 Å². The van der Waals surface area contributed by atoms with Gasteiger partial charge in [-0.25, -0.2) is 4.39 Å². The van der Waals surface area contributed by atoms with Crippen LogP contribution in [0.2, 0.25) is 0 Å². The van der Waals surface area contributed by atoms with E-state index in [9.17, 15) is 14.0 Å². The number of amides is 2. The van der Waals surface area contributed by atoms with Crippen molar-refractivity contribution in [3.63, 3.8) is 0 Å². The quantitative estimate of drug-likeness (QED) is 0.895. The predicted octanol–water partition coefficient (Wildman–Crippen LogP) is 1.09. The van der Waals surface area contributed by atoms with Crippen molar-refractivity contribution in [2.24, 2.45) is 0 Å². The second-order valence-electron chi connectivity index (χ2n) is 6.16. The summed E-state index contributed by atoms with van der Waals surface area (Å²) >= 11 is 0. The van der Waals surface area contributed by atoms with Crippen molar-refractivity contribution in [3.8, 4) is 0 Å². The van der Waals surface area contributed by atoms with Crippen LogP contribution in [-0.2, 0) is 14.3 Å². The van der Waals surface area contributed by atoms with Gasteiger partial charge in [0.1, 0.15) is 11.9 Å². The second kappa shape index (κ2) is 7.72. The number of ether oxygens (including phenoxy) is 1. The van der Waals surface area contributed by atoms with Gasteiger partial charge in [-0.15, -0.1) is 0 Å². The van der Waals surface area contributed by atoms with E-state index in [-0.39, 0.29) is 30.3 Å². The first-order valence-corrected chi connectivity index (χ1v) is 8.30. The molecule has 2 aliphatic rings. The summed E-state index contributed by atoms with van der Waals surface area (Å²) in [6.07, 6.45) is 1.46. The molecule has 0 aliphatic carbocycles. The number of carbonyl (C=O) groups excluding carboxylic acids is 2. The number of halogens is 1. The van der Waals surface area contributed by atoms with E-state index >= 15 is 0 Å². The zero-order chi connectivity index (χ0) is 16.9. The maximum Gasteiger partial charge on any atom is 0.251 e. The van der Waals surface area contributed by atoms with Gasteiger partial charge in [0.2, 0.25) is 5.91 Å². The average Bonchev–Trinajstić information content (AvgIpc) is 3.09. The first-order valence-electron chi connectivity index (χ1n) is 8.30. The lowest BCUT2D eigenvalue weighted by Gasteiger charge is -2.35. The second-order valence-corrected chi connectivity index (χ2v) is 6.16. The summed E-state index contributed by atoms with van der Waals surface area (Å²) < 4.78 is 18.5. The number of benzene rings is 1. The monoisotopic (exact) mass is 335 g/mol. The molecule has 3 rings (SSSR count). The summed E-state index contributed by atoms with van der Waals surface area (Å²) in [5.41, 5.74) is 0.451. The van der Waals surface area contributed by atoms with Gasteiger partial charge >= 0.3 is 0 Å². The summed E-state index contributed by atoms with van der Waals surface area (Å²) in [6.45, 7) is 3.40. The van der Waals surface area contributed by atoms with Crippen LogP contribution in [0.1, 0.15) is 12.8 Å². The molecule has 0 saturated carbocycles. The van der Waals surface area contributed by atoms with Crippen molar-refractivity contribution >= 4 is 17.5 Å². The molecule has 1 N–H and O–H groups in total. The van der Waals surface area contributed by atoms with Gasteiger partial charge in [0.05, 0.1) is 6.54 Å². The highest BCUT2D eigenvalue weighted by Crippen LogP contribution is 2.16. The van der Waals surface area contributed by atoms with Crippen LogP contribution in [0.3, 0.4) is 0 Å². The van der Waals surface area contributed by atoms with E-state index in [0.29, 0.717) is 38.5 Å². The fourth-order valence-electron chi connectivity index (χ4n) is 3.07. The molecule has 130 valence electrons. The standard InChI is InChI=1S/C17H22FN3O3/c18-13-3-1-4-14(11-13)19-16(22)12-20-6-8-21(9-7-20)17(23)15-5-2-10-24-15/h1,3-4,11,15H,2,5-10,12H2,(H,19,22)/t15-/m1/s1. The maximum absolute atomic E-state index is 13.1. The van der Waals surface area contributed by atoms with Crippen molar-refractivity contribution < 1.29 is 18.7 Å². The minimum atomic E-state index is -0.381. The Balaban J connectivity index is 1.43. The van der Waals surface area contributed by atoms with Gasteiger partial charge in [-0.1, -0.05) is 6.07 Å². The summed E-state index contributed by atoms with van der Waals surface area (Å²) in [5.74, 6) is -0.495. The third-order valence-electron chi connectivity index (χ3n) is 4.36. The molecule has 2 heterocycles. The number of nitrogens with one attached hydrogen (secondary N) is 1. The van der Waals surface area contributed by atoms with E-state index in [2.05, 4.69) is 5.32 Å². The largest absolute Gasteiger partial charge is 0.368 e. The first-order chi connectivity index (χ1) is 11.6. The van der Waals surface area contributed by atoms with Gasteiger partial charge in [0, 0.05) is 38.5 Å². The smallest absolute Gasteiger partial charge is 0.251 e. The minimum Gasteiger partial charge on any atom is -0.368 e. The molecule has 0 radical (unpaired) electrons. The lowest BCUT2D eigenvalue weighted by atomic mass is 10.2. The first kappa shape index (κ1) is 16.9. The molecule has 2 amide bonds. The Kier molecular flexibility index (Phi) is 5.42. The minimum absolute atomic E-state index is 0.0661. The Bertz CT molecular complexity index is 596. The highest BCUT2D eigenvalue weighted by molar-refractivity contribution is 5.92. The van der Waals surface area contributed by atoms with Crippen molar-refractivity contribution in [3.05, 3.63) is 30.1 Å². The van der Waals surface area contributed by atoms with E-state index in [4.69, 9.17) is 4.74 Å². The van der Waals surface area contributed by atoms with Gasteiger partial charge in [-0.05, 0) is 31.0 Å². The van der Waals surface area contributed by atoms with Crippen LogP contribution in [0.25, 0.3) is 0 Å². The fourth-order valence-corrected chi connectivity index (χ4v) is 3.07. The molecule has 7 heteroatoms. The molecule has 0 aromatic heterocycles. The average molecular weight is 335 g/mol. The lowest BCUT2D eigenvalue weighted by molar-refractivity contribution is -0.142. The zero-order valence-corrected chi connectivity index (χ0v) is 13.5. The summed E-state index contributed by atoms with van der Waals surface area (Å²) in [7, 11) is 0. The number of nitrogens with zero attached hydrogens (tertiary/aromatic N) is 2. The molecule has 0 bridgehead atoms. The van der Waals surface area contributed by atoms with Crippen LogP contribution in [0.5, 0.6) is 0 Å². The number of hydrogen-bond acceptors (Lipinski definition) is 4. The predicted molar refractivity (Wildman–Crippen MR) is 87.0 cm³/mol. The van der Waals surface area contributed by atoms with E-state index in [1.807, 2.05) is 9.80 Å². The molecule has 0 spiro atoms. The molecular formula is C17H22FN3O3. The highest BCUT2D eigenvalue weighted by atomic mass is 19.1. The number of anilines is 1. The van der Waals surface area contributed by atoms with Crippen molar-refractivity contribution in [1.82, 2.24) is 9.80 Å². The Hall–Kier alpha value is -1.99. The molecule has 1 aromatic rings. The number of piperazine rings is 1. The van der Waals surface area contributed by atoms with Gasteiger partial charge in [-0.2, -0.15) is 0 Å². The van der Waals surface area contributed by atoms with E-state index < -0.39 is 0 Å². The maximum atomic E-state index is 13.1. The fraction of sp³-hybridized carbons (Fsp3) is 0.529. The Morgan fingerprint density at radius 2 is 2.04 bits per heavy atom. The van der Waals surface area contributed by atoms with Crippen molar-refractivity contribution in [2.75, 3.05) is 44.6 Å². The van der Waals surface area contributed by atoms with Crippen LogP contribution in [0, 0.1) is 5.82 Å². The Labute approximate surface area is 140 Å². The Morgan fingerprint density at radius 3 is 2.71 bits per heavy atom. The molecule has 0 unspecified atom stereocenters. The van der Waals surface area contributed by atoms with Gasteiger partial charge in [-0.3, -0.25) is 14.5 Å². The summed E-state index contributed by atoms with van der Waals surface area (Å²) in [5, 5.41) is 2.69. The molecule has 1 atom stereocenters. The third-order valence-corrected chi connectivity index (χ3v) is 4.36. The SMILES string of the molecule is O=C(CN1CCN(C(=O)[C@H]2CCCO2)CC1)Nc1cccc(F)c1. The zero-order valence-electron chi connectivity index (χ0n) is 13.5. The van der Waals surface area contributed by atoms with Crippen LogP contribution >= 0.6 is 0 Å². The number of rotatable bonds is 4. The van der Waals surface area contributed by atoms with E-state index in [1.54, 1.807) is 12.1 Å². The summed E-state index contributed by atoms with van der Waals surface area (Å²) in [6, 6.07) is 5.83. The molecular weight excluding hydrogens is 313 g/mol. The topological polar surface area (TPSA) is 61.9 Å². The van der Waals surface area contributed by atoms with Crippen LogP contribution in [-0.4, -0.2) is 67.0 Å². The molecule has 2 aliphatic heterocycles. The molecule has 6 nitrogen and oxygen atoms in total. The molecule has 24 heavy (non-hydrogen) atoms. The normalized spacial score (nSPS) is 21.7. The van der Waals surface area contributed by atoms with Gasteiger partial charge in [0.25, 0.3) is 5.91 Å². The van der Waals surface area contributed by atoms with E-state index in [0.717, 1.165) is 12.8 Å².